The number of nitrogens with two attached hydrogens (primary N) is 1. The van der Waals surface area contributed by atoms with E-state index in [1.165, 1.54) is 57.8 Å². The Labute approximate surface area is 197 Å². The first-order valence-corrected chi connectivity index (χ1v) is 13.8. The molecule has 2 N–H and O–H groups in total. The highest BCUT2D eigenvalue weighted by molar-refractivity contribution is 5.71. The molecule has 8 unspecified atom stereocenters. The second-order valence-corrected chi connectivity index (χ2v) is 12.8. The van der Waals surface area contributed by atoms with Gasteiger partial charge in [0.2, 0.25) is 0 Å². The van der Waals surface area contributed by atoms with Crippen molar-refractivity contribution in [1.29, 1.82) is 0 Å². The standard InChI is InChI=1S/C29H49NO2/c1-19(2)7-6-8-20(3)24-11-12-25-23-10-9-21-17-22(32-27(31)18-30)13-15-28(21,4)26(23)14-16-29(24,25)5/h9,19-20,22-26H,6-8,10-18,30H2,1-5H3. The Balaban J connectivity index is 1.45. The third-order valence-electron chi connectivity index (χ3n) is 10.7. The number of ether oxygens (including phenoxy) is 1. The van der Waals surface area contributed by atoms with E-state index in [1.807, 2.05) is 0 Å². The predicted molar refractivity (Wildman–Crippen MR) is 132 cm³/mol. The van der Waals surface area contributed by atoms with Crippen LogP contribution in [0.3, 0.4) is 0 Å². The molecule has 0 radical (unpaired) electrons. The van der Waals surface area contributed by atoms with E-state index in [0.717, 1.165) is 48.3 Å². The van der Waals surface area contributed by atoms with Gasteiger partial charge in [0, 0.05) is 6.42 Å². The zero-order valence-corrected chi connectivity index (χ0v) is 21.5. The van der Waals surface area contributed by atoms with Crippen LogP contribution in [0.4, 0.5) is 0 Å². The van der Waals surface area contributed by atoms with E-state index in [0.29, 0.717) is 10.8 Å². The number of carbonyl (C=O) groups excluding carboxylic acids is 1. The molecule has 3 heteroatoms. The largest absolute Gasteiger partial charge is 0.461 e. The van der Waals surface area contributed by atoms with Crippen molar-refractivity contribution in [1.82, 2.24) is 0 Å². The van der Waals surface area contributed by atoms with Crippen molar-refractivity contribution in [3.63, 3.8) is 0 Å². The van der Waals surface area contributed by atoms with Gasteiger partial charge in [-0.05, 0) is 91.3 Å². The number of fused-ring (bicyclic) bond motifs is 5. The SMILES string of the molecule is CC(C)CCCC(C)C1CCC2C3CC=C4CC(OC(=O)CN)CCC4(C)C3CCC12C. The summed E-state index contributed by atoms with van der Waals surface area (Å²) in [5, 5.41) is 0. The van der Waals surface area contributed by atoms with Crippen LogP contribution in [0.15, 0.2) is 11.6 Å². The highest BCUT2D eigenvalue weighted by Gasteiger charge is 2.59. The highest BCUT2D eigenvalue weighted by atomic mass is 16.5. The maximum absolute atomic E-state index is 11.7. The third kappa shape index (κ3) is 4.32. The lowest BCUT2D eigenvalue weighted by molar-refractivity contribution is -0.149. The van der Waals surface area contributed by atoms with E-state index in [1.54, 1.807) is 5.57 Å². The maximum atomic E-state index is 11.7. The fourth-order valence-electron chi connectivity index (χ4n) is 8.99. The predicted octanol–water partition coefficient (Wildman–Crippen LogP) is 6.90. The molecular formula is C29H49NO2. The van der Waals surface area contributed by atoms with Crippen molar-refractivity contribution in [3.8, 4) is 0 Å². The molecule has 8 atom stereocenters. The first-order chi connectivity index (χ1) is 15.2. The molecule has 0 bridgehead atoms. The van der Waals surface area contributed by atoms with Crippen molar-refractivity contribution >= 4 is 5.97 Å². The van der Waals surface area contributed by atoms with Crippen LogP contribution < -0.4 is 5.73 Å². The molecule has 182 valence electrons. The molecule has 0 heterocycles. The molecule has 4 aliphatic rings. The lowest BCUT2D eigenvalue weighted by Crippen LogP contribution is -2.51. The van der Waals surface area contributed by atoms with Crippen molar-refractivity contribution in [2.24, 2.45) is 52.1 Å². The Bertz CT molecular complexity index is 714. The van der Waals surface area contributed by atoms with Crippen LogP contribution in [-0.2, 0) is 9.53 Å². The molecule has 0 spiro atoms. The molecule has 4 rings (SSSR count). The normalized spacial score (nSPS) is 42.0. The first-order valence-electron chi connectivity index (χ1n) is 13.8. The number of esters is 1. The molecule has 3 fully saturated rings. The molecule has 32 heavy (non-hydrogen) atoms. The molecule has 0 aliphatic heterocycles. The van der Waals surface area contributed by atoms with E-state index >= 15 is 0 Å². The van der Waals surface area contributed by atoms with Crippen LogP contribution in [0.1, 0.15) is 105 Å². The number of carbonyl (C=O) groups is 1. The van der Waals surface area contributed by atoms with Gasteiger partial charge in [-0.15, -0.1) is 0 Å². The van der Waals surface area contributed by atoms with Gasteiger partial charge in [-0.1, -0.05) is 65.5 Å². The topological polar surface area (TPSA) is 52.3 Å². The van der Waals surface area contributed by atoms with Crippen molar-refractivity contribution in [3.05, 3.63) is 11.6 Å². The Hall–Kier alpha value is -0.830. The lowest BCUT2D eigenvalue weighted by atomic mass is 9.47. The van der Waals surface area contributed by atoms with E-state index in [-0.39, 0.29) is 18.6 Å². The van der Waals surface area contributed by atoms with E-state index < -0.39 is 0 Å². The molecule has 0 aromatic rings. The van der Waals surface area contributed by atoms with Crippen molar-refractivity contribution in [2.75, 3.05) is 6.54 Å². The average molecular weight is 444 g/mol. The van der Waals surface area contributed by atoms with Gasteiger partial charge in [-0.2, -0.15) is 0 Å². The minimum atomic E-state index is -0.249. The average Bonchev–Trinajstić information content (AvgIpc) is 3.11. The summed E-state index contributed by atoms with van der Waals surface area (Å²) < 4.78 is 5.64. The molecule has 0 amide bonds. The second-order valence-electron chi connectivity index (χ2n) is 12.8. The fourth-order valence-corrected chi connectivity index (χ4v) is 8.99. The molecule has 0 aromatic carbocycles. The Morgan fingerprint density at radius 2 is 1.88 bits per heavy atom. The summed E-state index contributed by atoms with van der Waals surface area (Å²) in [4.78, 5) is 11.7. The number of rotatable bonds is 7. The summed E-state index contributed by atoms with van der Waals surface area (Å²) in [5.41, 5.74) is 7.93. The number of hydrogen-bond donors (Lipinski definition) is 1. The van der Waals surface area contributed by atoms with Gasteiger partial charge in [0.25, 0.3) is 0 Å². The number of hydrogen-bond acceptors (Lipinski definition) is 3. The second kappa shape index (κ2) is 9.43. The van der Waals surface area contributed by atoms with Crippen molar-refractivity contribution in [2.45, 2.75) is 111 Å². The van der Waals surface area contributed by atoms with Gasteiger partial charge in [0.05, 0.1) is 6.54 Å². The van der Waals surface area contributed by atoms with Crippen LogP contribution in [0.2, 0.25) is 0 Å². The maximum Gasteiger partial charge on any atom is 0.319 e. The molecule has 0 saturated heterocycles. The molecule has 3 saturated carbocycles. The zero-order chi connectivity index (χ0) is 23.1. The summed E-state index contributed by atoms with van der Waals surface area (Å²) in [6.07, 6.45) is 16.9. The summed E-state index contributed by atoms with van der Waals surface area (Å²) in [6.45, 7) is 12.5. The molecular weight excluding hydrogens is 394 g/mol. The van der Waals surface area contributed by atoms with Crippen LogP contribution in [0, 0.1) is 46.3 Å². The van der Waals surface area contributed by atoms with Gasteiger partial charge in [-0.3, -0.25) is 4.79 Å². The first kappa shape index (κ1) is 24.3. The van der Waals surface area contributed by atoms with Gasteiger partial charge in [-0.25, -0.2) is 0 Å². The zero-order valence-electron chi connectivity index (χ0n) is 21.5. The lowest BCUT2D eigenvalue weighted by Gasteiger charge is -2.58. The molecule has 3 nitrogen and oxygen atoms in total. The van der Waals surface area contributed by atoms with Crippen molar-refractivity contribution < 1.29 is 9.53 Å². The fraction of sp³-hybridized carbons (Fsp3) is 0.897. The molecule has 0 aromatic heterocycles. The van der Waals surface area contributed by atoms with E-state index in [4.69, 9.17) is 10.5 Å². The molecule has 4 aliphatic carbocycles. The summed E-state index contributed by atoms with van der Waals surface area (Å²) >= 11 is 0. The van der Waals surface area contributed by atoms with Crippen LogP contribution >= 0.6 is 0 Å². The van der Waals surface area contributed by atoms with E-state index in [9.17, 15) is 4.79 Å². The minimum Gasteiger partial charge on any atom is -0.461 e. The Morgan fingerprint density at radius 3 is 2.59 bits per heavy atom. The third-order valence-corrected chi connectivity index (χ3v) is 10.7. The monoisotopic (exact) mass is 443 g/mol. The van der Waals surface area contributed by atoms with Crippen LogP contribution in [-0.4, -0.2) is 18.6 Å². The summed E-state index contributed by atoms with van der Waals surface area (Å²) in [7, 11) is 0. The van der Waals surface area contributed by atoms with Gasteiger partial charge < -0.3 is 10.5 Å². The smallest absolute Gasteiger partial charge is 0.319 e. The number of allylic oxidation sites excluding steroid dienone is 1. The Morgan fingerprint density at radius 1 is 1.09 bits per heavy atom. The van der Waals surface area contributed by atoms with Gasteiger partial charge in [0.1, 0.15) is 6.10 Å². The van der Waals surface area contributed by atoms with Crippen LogP contribution in [0.5, 0.6) is 0 Å². The summed E-state index contributed by atoms with van der Waals surface area (Å²) in [5.74, 6) is 4.97. The summed E-state index contributed by atoms with van der Waals surface area (Å²) in [6, 6.07) is 0. The van der Waals surface area contributed by atoms with E-state index in [2.05, 4.69) is 40.7 Å². The minimum absolute atomic E-state index is 0.00512. The van der Waals surface area contributed by atoms with Crippen LogP contribution in [0.25, 0.3) is 0 Å². The van der Waals surface area contributed by atoms with Gasteiger partial charge >= 0.3 is 5.97 Å². The quantitative estimate of drug-likeness (QED) is 0.344. The van der Waals surface area contributed by atoms with Gasteiger partial charge in [0.15, 0.2) is 0 Å². The highest BCUT2D eigenvalue weighted by Crippen LogP contribution is 2.67. The Kier molecular flexibility index (Phi) is 7.16.